The van der Waals surface area contributed by atoms with Crippen LogP contribution in [0.2, 0.25) is 0 Å². The molecule has 2 aromatic carbocycles. The Bertz CT molecular complexity index is 1140. The predicted molar refractivity (Wildman–Crippen MR) is 110 cm³/mol. The van der Waals surface area contributed by atoms with E-state index in [1.807, 2.05) is 13.8 Å². The zero-order valence-corrected chi connectivity index (χ0v) is 16.4. The van der Waals surface area contributed by atoms with Crippen molar-refractivity contribution >= 4 is 33.8 Å². The van der Waals surface area contributed by atoms with Crippen LogP contribution < -0.4 is 10.0 Å². The molecule has 146 valence electrons. The second-order valence-electron chi connectivity index (χ2n) is 6.36. The van der Waals surface area contributed by atoms with E-state index >= 15 is 4.39 Å². The maximum atomic E-state index is 15.1. The van der Waals surface area contributed by atoms with Gasteiger partial charge in [0.1, 0.15) is 5.82 Å². The number of aromatic nitrogens is 1. The van der Waals surface area contributed by atoms with Crippen molar-refractivity contribution in [2.24, 2.45) is 5.73 Å². The van der Waals surface area contributed by atoms with Gasteiger partial charge in [-0.3, -0.25) is 9.35 Å². The Morgan fingerprint density at radius 1 is 1.32 bits per heavy atom. The number of rotatable bonds is 5. The van der Waals surface area contributed by atoms with Gasteiger partial charge in [-0.25, -0.2) is 12.9 Å². The van der Waals surface area contributed by atoms with Crippen LogP contribution in [0.1, 0.15) is 28.5 Å². The normalized spacial score (nSPS) is 12.6. The average Bonchev–Trinajstić information content (AvgIpc) is 2.93. The van der Waals surface area contributed by atoms with Gasteiger partial charge in [-0.15, -0.1) is 0 Å². The molecule has 6 nitrogen and oxygen atoms in total. The number of halogens is 1. The molecular formula is C20H20FN3O3S. The van der Waals surface area contributed by atoms with Gasteiger partial charge in [0.15, 0.2) is 0 Å². The summed E-state index contributed by atoms with van der Waals surface area (Å²) in [6.45, 7) is 5.39. The number of fused-ring (bicyclic) bond motifs is 1. The number of hydrogen-bond acceptors (Lipinski definition) is 2. The highest BCUT2D eigenvalue weighted by Crippen LogP contribution is 2.38. The number of primary amides is 1. The number of amides is 1. The van der Waals surface area contributed by atoms with Crippen LogP contribution in [0.15, 0.2) is 42.6 Å². The lowest BCUT2D eigenvalue weighted by molar-refractivity contribution is 0.100. The molecule has 1 aromatic heterocycles. The third-order valence-corrected chi connectivity index (χ3v) is 5.31. The first-order valence-corrected chi connectivity index (χ1v) is 9.57. The Balaban J connectivity index is 2.32. The number of nitrogens with one attached hydrogen (secondary N) is 1. The maximum Gasteiger partial charge on any atom is 0.266 e. The number of aromatic amines is 1. The first-order chi connectivity index (χ1) is 13.3. The van der Waals surface area contributed by atoms with Crippen LogP contribution in [0.4, 0.5) is 10.1 Å². The molecule has 4 N–H and O–H groups in total. The first-order valence-electron chi connectivity index (χ1n) is 8.50. The molecule has 1 atom stereocenters. The summed E-state index contributed by atoms with van der Waals surface area (Å²) in [6, 6.07) is 7.78. The Labute approximate surface area is 164 Å². The van der Waals surface area contributed by atoms with Gasteiger partial charge in [-0.1, -0.05) is 18.2 Å². The highest BCUT2D eigenvalue weighted by atomic mass is 32.2. The monoisotopic (exact) mass is 401 g/mol. The first kappa shape index (κ1) is 19.8. The van der Waals surface area contributed by atoms with Crippen LogP contribution >= 0.6 is 0 Å². The summed E-state index contributed by atoms with van der Waals surface area (Å²) >= 11 is -2.28. The lowest BCUT2D eigenvalue weighted by Crippen LogP contribution is -2.18. The molecule has 0 radical (unpaired) electrons. The number of anilines is 1. The summed E-state index contributed by atoms with van der Waals surface area (Å²) in [7, 11) is 0. The van der Waals surface area contributed by atoms with Crippen molar-refractivity contribution in [2.75, 3.05) is 4.31 Å². The van der Waals surface area contributed by atoms with Gasteiger partial charge < -0.3 is 10.7 Å². The summed E-state index contributed by atoms with van der Waals surface area (Å²) in [5, 5.41) is 0.561. The van der Waals surface area contributed by atoms with E-state index in [1.54, 1.807) is 37.3 Å². The van der Waals surface area contributed by atoms with Crippen LogP contribution in [0.5, 0.6) is 0 Å². The molecule has 0 aliphatic rings. The van der Waals surface area contributed by atoms with Crippen LogP contribution in [-0.4, -0.2) is 19.7 Å². The average molecular weight is 401 g/mol. The van der Waals surface area contributed by atoms with E-state index in [0.29, 0.717) is 27.7 Å². The van der Waals surface area contributed by atoms with Crippen molar-refractivity contribution in [3.8, 4) is 11.1 Å². The minimum Gasteiger partial charge on any atom is -0.366 e. The zero-order chi connectivity index (χ0) is 20.6. The number of nitrogens with two attached hydrogens (primary N) is 1. The van der Waals surface area contributed by atoms with Gasteiger partial charge in [0.05, 0.1) is 16.8 Å². The van der Waals surface area contributed by atoms with E-state index in [0.717, 1.165) is 21.6 Å². The highest BCUT2D eigenvalue weighted by Gasteiger charge is 2.21. The van der Waals surface area contributed by atoms with Crippen LogP contribution in [0, 0.1) is 19.7 Å². The van der Waals surface area contributed by atoms with E-state index in [4.69, 9.17) is 5.73 Å². The molecule has 3 aromatic rings. The maximum absolute atomic E-state index is 15.1. The molecule has 0 aliphatic heterocycles. The van der Waals surface area contributed by atoms with Crippen molar-refractivity contribution < 1.29 is 17.9 Å². The molecule has 8 heteroatoms. The summed E-state index contributed by atoms with van der Waals surface area (Å²) in [5.41, 5.74) is 8.81. The fourth-order valence-corrected chi connectivity index (χ4v) is 3.78. The number of benzene rings is 2. The Kier molecular flexibility index (Phi) is 5.35. The number of nitrogens with zero attached hydrogens (tertiary/aromatic N) is 1. The molecule has 0 spiro atoms. The minimum atomic E-state index is -2.28. The smallest absolute Gasteiger partial charge is 0.266 e. The van der Waals surface area contributed by atoms with Crippen LogP contribution in [0.25, 0.3) is 22.0 Å². The number of H-pyrrole nitrogens is 1. The largest absolute Gasteiger partial charge is 0.366 e. The molecule has 0 aliphatic carbocycles. The second kappa shape index (κ2) is 7.57. The molecule has 1 heterocycles. The number of carbonyl (C=O) groups is 1. The van der Waals surface area contributed by atoms with Gasteiger partial charge in [-0.2, -0.15) is 0 Å². The quantitative estimate of drug-likeness (QED) is 0.560. The van der Waals surface area contributed by atoms with E-state index in [9.17, 15) is 13.6 Å². The third kappa shape index (κ3) is 3.32. The number of allylic oxidation sites excluding steroid dienone is 1. The molecule has 0 fully saturated rings. The van der Waals surface area contributed by atoms with Gasteiger partial charge in [-0.05, 0) is 50.1 Å². The predicted octanol–water partition coefficient (Wildman–Crippen LogP) is 4.17. The van der Waals surface area contributed by atoms with E-state index in [2.05, 4.69) is 4.98 Å². The molecule has 1 unspecified atom stereocenters. The molecular weight excluding hydrogens is 381 g/mol. The molecule has 1 amide bonds. The van der Waals surface area contributed by atoms with Crippen LogP contribution in [-0.2, 0) is 11.3 Å². The second-order valence-corrected chi connectivity index (χ2v) is 7.21. The van der Waals surface area contributed by atoms with Crippen molar-refractivity contribution in [2.45, 2.75) is 20.8 Å². The molecule has 0 saturated carbocycles. The Hall–Kier alpha value is -2.97. The number of hydrogen-bond donors (Lipinski definition) is 3. The van der Waals surface area contributed by atoms with Crippen LogP contribution in [0.3, 0.4) is 0 Å². The number of aryl methyl sites for hydroxylation is 2. The molecule has 28 heavy (non-hydrogen) atoms. The highest BCUT2D eigenvalue weighted by molar-refractivity contribution is 7.80. The molecule has 0 bridgehead atoms. The number of carbonyl (C=O) groups excluding carboxylic acids is 1. The summed E-state index contributed by atoms with van der Waals surface area (Å²) in [4.78, 5) is 14.9. The topological polar surface area (TPSA) is 99.4 Å². The van der Waals surface area contributed by atoms with Crippen molar-refractivity contribution in [1.82, 2.24) is 4.98 Å². The van der Waals surface area contributed by atoms with Crippen molar-refractivity contribution in [3.05, 3.63) is 65.2 Å². The van der Waals surface area contributed by atoms with Gasteiger partial charge >= 0.3 is 0 Å². The van der Waals surface area contributed by atoms with Gasteiger partial charge in [0.25, 0.3) is 17.2 Å². The molecule has 3 rings (SSSR count). The van der Waals surface area contributed by atoms with E-state index in [-0.39, 0.29) is 5.56 Å². The third-order valence-electron chi connectivity index (χ3n) is 4.64. The van der Waals surface area contributed by atoms with Crippen molar-refractivity contribution in [1.29, 1.82) is 0 Å². The lowest BCUT2D eigenvalue weighted by Gasteiger charge is -2.17. The summed E-state index contributed by atoms with van der Waals surface area (Å²) in [5.74, 6) is -1.32. The SMILES string of the molecule is CC=CN(c1cccc(-c2c(F)cc(C(N)=O)c3[nH]c(C)c(C)c23)c1)S(=O)O. The summed E-state index contributed by atoms with van der Waals surface area (Å²) < 4.78 is 37.4. The zero-order valence-electron chi connectivity index (χ0n) is 15.6. The standard InChI is InChI=1S/C20H20FN3O3S/c1-4-8-24(28(26)27)14-7-5-6-13(9-14)18-16(21)10-15(20(22)25)19-17(18)11(2)12(3)23-19/h4-10,23H,1-3H3,(H2,22,25)(H,26,27). The van der Waals surface area contributed by atoms with E-state index < -0.39 is 23.0 Å². The van der Waals surface area contributed by atoms with Gasteiger partial charge in [0.2, 0.25) is 0 Å². The lowest BCUT2D eigenvalue weighted by atomic mass is 9.95. The molecule has 0 saturated heterocycles. The van der Waals surface area contributed by atoms with Crippen molar-refractivity contribution in [3.63, 3.8) is 0 Å². The fraction of sp³-hybridized carbons (Fsp3) is 0.150. The minimum absolute atomic E-state index is 0.0793. The Morgan fingerprint density at radius 2 is 2.04 bits per heavy atom. The summed E-state index contributed by atoms with van der Waals surface area (Å²) in [6.07, 6.45) is 3.09. The fourth-order valence-electron chi connectivity index (χ4n) is 3.26. The van der Waals surface area contributed by atoms with E-state index in [1.165, 1.54) is 6.20 Å². The van der Waals surface area contributed by atoms with Gasteiger partial charge in [0, 0.05) is 22.8 Å². The Morgan fingerprint density at radius 3 is 2.64 bits per heavy atom.